The fourth-order valence-electron chi connectivity index (χ4n) is 5.78. The first-order chi connectivity index (χ1) is 17.0. The Hall–Kier alpha value is -3.65. The van der Waals surface area contributed by atoms with E-state index in [0.29, 0.717) is 25.1 Å². The maximum Gasteiger partial charge on any atom is 0.337 e. The van der Waals surface area contributed by atoms with E-state index in [1.165, 1.54) is 7.11 Å². The Morgan fingerprint density at radius 3 is 2.69 bits per heavy atom. The summed E-state index contributed by atoms with van der Waals surface area (Å²) in [7, 11) is 1.35. The zero-order valence-electron chi connectivity index (χ0n) is 19.5. The quantitative estimate of drug-likeness (QED) is 0.589. The highest BCUT2D eigenvalue weighted by molar-refractivity contribution is 5.97. The molecule has 1 N–H and O–H groups in total. The van der Waals surface area contributed by atoms with Gasteiger partial charge < -0.3 is 24.3 Å². The Kier molecular flexibility index (Phi) is 5.33. The maximum atomic E-state index is 13.7. The molecule has 0 radical (unpaired) electrons. The van der Waals surface area contributed by atoms with E-state index in [4.69, 9.17) is 9.47 Å². The molecule has 0 spiro atoms. The van der Waals surface area contributed by atoms with Gasteiger partial charge in [0.25, 0.3) is 0 Å². The third-order valence-corrected chi connectivity index (χ3v) is 7.44. The number of methoxy groups -OCH3 is 1. The van der Waals surface area contributed by atoms with Gasteiger partial charge in [0.15, 0.2) is 0 Å². The number of aromatic amines is 1. The molecule has 3 aliphatic heterocycles. The maximum absolute atomic E-state index is 13.7. The molecule has 4 heterocycles. The van der Waals surface area contributed by atoms with Crippen molar-refractivity contribution in [1.82, 2.24) is 14.8 Å². The van der Waals surface area contributed by atoms with Gasteiger partial charge >= 0.3 is 5.97 Å². The molecule has 0 unspecified atom stereocenters. The molecule has 0 saturated carbocycles. The van der Waals surface area contributed by atoms with Crippen molar-refractivity contribution in [2.75, 3.05) is 26.8 Å². The van der Waals surface area contributed by atoms with Crippen LogP contribution in [0.2, 0.25) is 0 Å². The normalized spacial score (nSPS) is 24.0. The number of fused-ring (bicyclic) bond motifs is 4. The van der Waals surface area contributed by atoms with E-state index in [2.05, 4.69) is 11.1 Å². The third kappa shape index (κ3) is 3.60. The van der Waals surface area contributed by atoms with Crippen LogP contribution in [0.1, 0.15) is 46.1 Å². The summed E-state index contributed by atoms with van der Waals surface area (Å²) < 4.78 is 10.6. The van der Waals surface area contributed by atoms with Gasteiger partial charge in [-0.25, -0.2) is 4.79 Å². The molecule has 3 atom stereocenters. The molecule has 2 saturated heterocycles. The second kappa shape index (κ2) is 8.53. The van der Waals surface area contributed by atoms with Crippen molar-refractivity contribution in [3.8, 4) is 0 Å². The van der Waals surface area contributed by atoms with Crippen molar-refractivity contribution in [3.63, 3.8) is 0 Å². The number of amides is 2. The van der Waals surface area contributed by atoms with Gasteiger partial charge in [0.2, 0.25) is 11.8 Å². The van der Waals surface area contributed by atoms with Crippen LogP contribution in [-0.4, -0.2) is 71.5 Å². The molecular formula is C27H27N3O5. The summed E-state index contributed by atoms with van der Waals surface area (Å²) in [6.45, 7) is 1.20. The van der Waals surface area contributed by atoms with Crippen LogP contribution >= 0.6 is 0 Å². The number of aromatic nitrogens is 1. The fourth-order valence-corrected chi connectivity index (χ4v) is 5.78. The average molecular weight is 474 g/mol. The molecule has 6 rings (SSSR count). The van der Waals surface area contributed by atoms with Gasteiger partial charge in [-0.2, -0.15) is 0 Å². The second-order valence-corrected chi connectivity index (χ2v) is 9.45. The van der Waals surface area contributed by atoms with Gasteiger partial charge in [0.1, 0.15) is 6.04 Å². The topological polar surface area (TPSA) is 91.9 Å². The molecule has 3 aliphatic rings. The first-order valence-electron chi connectivity index (χ1n) is 12.0. The van der Waals surface area contributed by atoms with Crippen LogP contribution in [0, 0.1) is 0 Å². The summed E-state index contributed by atoms with van der Waals surface area (Å²) in [6.07, 6.45) is 2.35. The lowest BCUT2D eigenvalue weighted by Crippen LogP contribution is -2.63. The molecule has 35 heavy (non-hydrogen) atoms. The van der Waals surface area contributed by atoms with Crippen molar-refractivity contribution in [1.29, 1.82) is 0 Å². The summed E-state index contributed by atoms with van der Waals surface area (Å²) in [4.78, 5) is 46.2. The van der Waals surface area contributed by atoms with E-state index < -0.39 is 18.1 Å². The number of carbonyl (C=O) groups excluding carboxylic acids is 3. The van der Waals surface area contributed by atoms with E-state index in [1.54, 1.807) is 21.9 Å². The SMILES string of the molecule is COC(=O)c1ccc([C@@H]2c3[nH]c4ccccc4c3C[C@H]3C(=O)N(C[C@H]4CCCO4)CC(=O)N23)cc1. The van der Waals surface area contributed by atoms with Gasteiger partial charge in [-0.3, -0.25) is 9.59 Å². The number of para-hydroxylation sites is 1. The molecular weight excluding hydrogens is 446 g/mol. The Morgan fingerprint density at radius 2 is 1.94 bits per heavy atom. The van der Waals surface area contributed by atoms with E-state index in [9.17, 15) is 14.4 Å². The van der Waals surface area contributed by atoms with Gasteiger partial charge in [-0.1, -0.05) is 30.3 Å². The van der Waals surface area contributed by atoms with Crippen LogP contribution < -0.4 is 0 Å². The lowest BCUT2D eigenvalue weighted by atomic mass is 9.86. The molecule has 0 bridgehead atoms. The molecule has 180 valence electrons. The number of nitrogens with one attached hydrogen (secondary N) is 1. The highest BCUT2D eigenvalue weighted by Crippen LogP contribution is 2.42. The van der Waals surface area contributed by atoms with Crippen LogP contribution in [-0.2, 0) is 25.5 Å². The minimum atomic E-state index is -0.588. The summed E-state index contributed by atoms with van der Waals surface area (Å²) in [5, 5.41) is 1.06. The van der Waals surface area contributed by atoms with E-state index in [0.717, 1.165) is 40.6 Å². The predicted molar refractivity (Wildman–Crippen MR) is 128 cm³/mol. The minimum absolute atomic E-state index is 0.00722. The number of hydrogen-bond acceptors (Lipinski definition) is 5. The van der Waals surface area contributed by atoms with Crippen molar-refractivity contribution in [2.45, 2.75) is 37.5 Å². The summed E-state index contributed by atoms with van der Waals surface area (Å²) in [5.74, 6) is -0.537. The molecule has 1 aromatic heterocycles. The predicted octanol–water partition coefficient (Wildman–Crippen LogP) is 2.82. The number of esters is 1. The fraction of sp³-hybridized carbons (Fsp3) is 0.370. The van der Waals surface area contributed by atoms with Gasteiger partial charge in [-0.05, 0) is 42.2 Å². The first-order valence-corrected chi connectivity index (χ1v) is 12.0. The molecule has 0 aliphatic carbocycles. The average Bonchev–Trinajstić information content (AvgIpc) is 3.53. The number of hydrogen-bond donors (Lipinski definition) is 1. The number of benzene rings is 2. The van der Waals surface area contributed by atoms with Gasteiger partial charge in [0.05, 0.1) is 31.4 Å². The lowest BCUT2D eigenvalue weighted by Gasteiger charge is -2.47. The van der Waals surface area contributed by atoms with E-state index >= 15 is 0 Å². The Morgan fingerprint density at radius 1 is 1.14 bits per heavy atom. The summed E-state index contributed by atoms with van der Waals surface area (Å²) >= 11 is 0. The monoisotopic (exact) mass is 473 g/mol. The van der Waals surface area contributed by atoms with E-state index in [1.807, 2.05) is 30.3 Å². The molecule has 2 amide bonds. The largest absolute Gasteiger partial charge is 0.465 e. The minimum Gasteiger partial charge on any atom is -0.465 e. The smallest absolute Gasteiger partial charge is 0.337 e. The molecule has 8 nitrogen and oxygen atoms in total. The van der Waals surface area contributed by atoms with Crippen LogP contribution in [0.3, 0.4) is 0 Å². The second-order valence-electron chi connectivity index (χ2n) is 9.45. The zero-order valence-corrected chi connectivity index (χ0v) is 19.5. The number of rotatable bonds is 4. The highest BCUT2D eigenvalue weighted by Gasteiger charge is 2.48. The van der Waals surface area contributed by atoms with Crippen LogP contribution in [0.25, 0.3) is 10.9 Å². The Labute approximate surface area is 202 Å². The Balaban J connectivity index is 1.43. The van der Waals surface area contributed by atoms with Gasteiger partial charge in [0, 0.05) is 36.2 Å². The molecule has 2 fully saturated rings. The lowest BCUT2D eigenvalue weighted by molar-refractivity contribution is -0.159. The number of H-pyrrole nitrogens is 1. The van der Waals surface area contributed by atoms with Crippen LogP contribution in [0.15, 0.2) is 48.5 Å². The standard InChI is InChI=1S/C27H27N3O5/c1-34-27(33)17-10-8-16(9-11-17)25-24-20(19-6-2-3-7-21(19)28-24)13-22-26(32)29(15-23(31)30(22)25)14-18-5-4-12-35-18/h2-3,6-11,18,22,25,28H,4-5,12-15H2,1H3/t18-,22+,25-/m1/s1. The zero-order chi connectivity index (χ0) is 24.1. The van der Waals surface area contributed by atoms with Crippen molar-refractivity contribution >= 4 is 28.7 Å². The van der Waals surface area contributed by atoms with Crippen molar-refractivity contribution < 1.29 is 23.9 Å². The number of ether oxygens (including phenoxy) is 2. The summed E-state index contributed by atoms with van der Waals surface area (Å²) in [6, 6.07) is 14.1. The van der Waals surface area contributed by atoms with Crippen molar-refractivity contribution in [2.24, 2.45) is 0 Å². The highest BCUT2D eigenvalue weighted by atomic mass is 16.5. The molecule has 3 aromatic rings. The third-order valence-electron chi connectivity index (χ3n) is 7.44. The molecule has 2 aromatic carbocycles. The van der Waals surface area contributed by atoms with E-state index in [-0.39, 0.29) is 24.5 Å². The Bertz CT molecular complexity index is 1310. The number of piperazine rings is 1. The molecule has 8 heteroatoms. The van der Waals surface area contributed by atoms with Crippen LogP contribution in [0.5, 0.6) is 0 Å². The first kappa shape index (κ1) is 21.9. The summed E-state index contributed by atoms with van der Waals surface area (Å²) in [5.41, 5.74) is 4.23. The number of nitrogens with zero attached hydrogens (tertiary/aromatic N) is 2. The van der Waals surface area contributed by atoms with Crippen molar-refractivity contribution in [3.05, 3.63) is 70.9 Å². The van der Waals surface area contributed by atoms with Crippen LogP contribution in [0.4, 0.5) is 0 Å². The van der Waals surface area contributed by atoms with Gasteiger partial charge in [-0.15, -0.1) is 0 Å². The number of carbonyl (C=O) groups is 3.